The van der Waals surface area contributed by atoms with E-state index in [1.54, 1.807) is 31.1 Å². The van der Waals surface area contributed by atoms with Crippen molar-refractivity contribution in [3.63, 3.8) is 0 Å². The third-order valence-electron chi connectivity index (χ3n) is 5.65. The van der Waals surface area contributed by atoms with E-state index in [-0.39, 0.29) is 30.5 Å². The van der Waals surface area contributed by atoms with Gasteiger partial charge in [0.05, 0.1) is 18.2 Å². The molecule has 0 saturated heterocycles. The molecule has 0 saturated carbocycles. The van der Waals surface area contributed by atoms with Crippen molar-refractivity contribution in [3.8, 4) is 34.7 Å². The number of aromatic nitrogens is 2. The normalized spacial score (nSPS) is 14.3. The number of benzene rings is 2. The molecular formula is C25H28ClN5O3. The Hall–Kier alpha value is -3.41. The summed E-state index contributed by atoms with van der Waals surface area (Å²) >= 11 is 0. The number of carbonyl (C=O) groups excluding carboxylic acids is 1. The Kier molecular flexibility index (Phi) is 7.92. The van der Waals surface area contributed by atoms with Crippen LogP contribution < -0.4 is 10.1 Å². The van der Waals surface area contributed by atoms with Crippen LogP contribution in [0.1, 0.15) is 43.0 Å². The fourth-order valence-electron chi connectivity index (χ4n) is 4.00. The molecule has 34 heavy (non-hydrogen) atoms. The van der Waals surface area contributed by atoms with Crippen molar-refractivity contribution in [1.29, 1.82) is 5.26 Å². The van der Waals surface area contributed by atoms with Crippen LogP contribution in [0.3, 0.4) is 0 Å². The van der Waals surface area contributed by atoms with Crippen molar-refractivity contribution in [2.75, 3.05) is 20.6 Å². The molecule has 1 aliphatic rings. The molecule has 8 nitrogen and oxygen atoms in total. The van der Waals surface area contributed by atoms with Crippen molar-refractivity contribution in [1.82, 2.24) is 20.4 Å². The van der Waals surface area contributed by atoms with E-state index >= 15 is 0 Å². The van der Waals surface area contributed by atoms with Crippen molar-refractivity contribution >= 4 is 18.3 Å². The Morgan fingerprint density at radius 2 is 2.12 bits per heavy atom. The zero-order valence-corrected chi connectivity index (χ0v) is 20.5. The molecule has 3 aromatic rings. The maximum atomic E-state index is 12.0. The quantitative estimate of drug-likeness (QED) is 0.540. The van der Waals surface area contributed by atoms with Gasteiger partial charge in [-0.15, -0.1) is 12.4 Å². The van der Waals surface area contributed by atoms with Gasteiger partial charge in [0.1, 0.15) is 11.8 Å². The largest absolute Gasteiger partial charge is 0.490 e. The molecule has 2 aromatic carbocycles. The second-order valence-corrected chi connectivity index (χ2v) is 8.55. The SMILES string of the molecule is CC(C)Oc1ccc(-c2nc(-c3cccc4c3CCC4NCC(=O)N(C)C)no2)cc1C#N.Cl. The maximum absolute atomic E-state index is 12.0. The molecule has 1 aliphatic carbocycles. The van der Waals surface area contributed by atoms with E-state index in [9.17, 15) is 10.1 Å². The molecule has 1 heterocycles. The molecule has 0 aliphatic heterocycles. The molecule has 0 spiro atoms. The van der Waals surface area contributed by atoms with Gasteiger partial charge < -0.3 is 19.5 Å². The van der Waals surface area contributed by atoms with Gasteiger partial charge in [0.25, 0.3) is 5.89 Å². The standard InChI is InChI=1S/C25H27N5O3.ClH/c1-15(2)32-22-11-8-16(12-17(22)13-26)25-28-24(29-33-25)20-7-5-6-19-18(20)9-10-21(19)27-14-23(31)30(3)4;/h5-8,11-12,15,21,27H,9-10,14H2,1-4H3;1H. The summed E-state index contributed by atoms with van der Waals surface area (Å²) in [7, 11) is 3.51. The van der Waals surface area contributed by atoms with E-state index in [0.29, 0.717) is 35.1 Å². The molecule has 1 unspecified atom stereocenters. The van der Waals surface area contributed by atoms with Crippen LogP contribution in [0.4, 0.5) is 0 Å². The average Bonchev–Trinajstić information content (AvgIpc) is 3.44. The Bertz CT molecular complexity index is 1220. The first-order chi connectivity index (χ1) is 15.9. The summed E-state index contributed by atoms with van der Waals surface area (Å²) < 4.78 is 11.2. The first-order valence-corrected chi connectivity index (χ1v) is 11.0. The summed E-state index contributed by atoms with van der Waals surface area (Å²) in [5.74, 6) is 1.43. The number of hydrogen-bond donors (Lipinski definition) is 1. The van der Waals surface area contributed by atoms with Gasteiger partial charge in [-0.1, -0.05) is 23.4 Å². The number of nitrogens with one attached hydrogen (secondary N) is 1. The van der Waals surface area contributed by atoms with Gasteiger partial charge in [0, 0.05) is 31.3 Å². The number of nitriles is 1. The van der Waals surface area contributed by atoms with Crippen LogP contribution in [0.5, 0.6) is 5.75 Å². The van der Waals surface area contributed by atoms with E-state index < -0.39 is 0 Å². The fourth-order valence-corrected chi connectivity index (χ4v) is 4.00. The van der Waals surface area contributed by atoms with Crippen LogP contribution in [0.25, 0.3) is 22.8 Å². The number of ether oxygens (including phenoxy) is 1. The van der Waals surface area contributed by atoms with E-state index in [1.165, 1.54) is 0 Å². The maximum Gasteiger partial charge on any atom is 0.258 e. The highest BCUT2D eigenvalue weighted by Crippen LogP contribution is 2.37. The van der Waals surface area contributed by atoms with Crippen molar-refractivity contribution < 1.29 is 14.1 Å². The molecule has 1 N–H and O–H groups in total. The van der Waals surface area contributed by atoms with Gasteiger partial charge in [-0.2, -0.15) is 10.2 Å². The third-order valence-corrected chi connectivity index (χ3v) is 5.65. The summed E-state index contributed by atoms with van der Waals surface area (Å²) in [6.07, 6.45) is 1.74. The molecule has 0 bridgehead atoms. The van der Waals surface area contributed by atoms with Crippen LogP contribution in [0, 0.1) is 11.3 Å². The minimum Gasteiger partial charge on any atom is -0.490 e. The summed E-state index contributed by atoms with van der Waals surface area (Å²) in [6.45, 7) is 4.13. The third kappa shape index (κ3) is 5.22. The van der Waals surface area contributed by atoms with Crippen LogP contribution in [-0.4, -0.2) is 47.7 Å². The number of rotatable bonds is 7. The summed E-state index contributed by atoms with van der Waals surface area (Å²) in [4.78, 5) is 18.1. The van der Waals surface area contributed by atoms with E-state index in [2.05, 4.69) is 27.6 Å². The van der Waals surface area contributed by atoms with Gasteiger partial charge in [-0.05, 0) is 56.0 Å². The minimum absolute atomic E-state index is 0. The van der Waals surface area contributed by atoms with Crippen molar-refractivity contribution in [2.24, 2.45) is 0 Å². The molecule has 0 radical (unpaired) electrons. The second-order valence-electron chi connectivity index (χ2n) is 8.55. The fraction of sp³-hybridized carbons (Fsp3) is 0.360. The highest BCUT2D eigenvalue weighted by Gasteiger charge is 2.27. The van der Waals surface area contributed by atoms with E-state index in [4.69, 9.17) is 9.26 Å². The second kappa shape index (κ2) is 10.7. The molecule has 1 aromatic heterocycles. The molecule has 9 heteroatoms. The van der Waals surface area contributed by atoms with Crippen molar-refractivity contribution in [3.05, 3.63) is 53.1 Å². The van der Waals surface area contributed by atoms with E-state index in [0.717, 1.165) is 29.5 Å². The highest BCUT2D eigenvalue weighted by molar-refractivity contribution is 5.85. The molecule has 178 valence electrons. The number of hydrogen-bond acceptors (Lipinski definition) is 7. The lowest BCUT2D eigenvalue weighted by molar-refractivity contribution is -0.127. The molecular weight excluding hydrogens is 454 g/mol. The Morgan fingerprint density at radius 1 is 1.32 bits per heavy atom. The number of amides is 1. The number of carbonyl (C=O) groups is 1. The lowest BCUT2D eigenvalue weighted by atomic mass is 10.0. The molecule has 0 fully saturated rings. The average molecular weight is 482 g/mol. The predicted molar refractivity (Wildman–Crippen MR) is 131 cm³/mol. The molecule has 4 rings (SSSR count). The van der Waals surface area contributed by atoms with Gasteiger partial charge >= 0.3 is 0 Å². The van der Waals surface area contributed by atoms with Gasteiger partial charge in [-0.25, -0.2) is 0 Å². The first-order valence-electron chi connectivity index (χ1n) is 11.0. The monoisotopic (exact) mass is 481 g/mol. The lowest BCUT2D eigenvalue weighted by Gasteiger charge is -2.16. The molecule has 1 amide bonds. The van der Waals surface area contributed by atoms with Gasteiger partial charge in [0.2, 0.25) is 11.7 Å². The zero-order chi connectivity index (χ0) is 23.5. The Balaban J connectivity index is 0.00000324. The van der Waals surface area contributed by atoms with Crippen molar-refractivity contribution in [2.45, 2.75) is 38.8 Å². The van der Waals surface area contributed by atoms with Crippen LogP contribution >= 0.6 is 12.4 Å². The zero-order valence-electron chi connectivity index (χ0n) is 19.7. The van der Waals surface area contributed by atoms with Crippen LogP contribution in [0.15, 0.2) is 40.9 Å². The first kappa shape index (κ1) is 25.2. The summed E-state index contributed by atoms with van der Waals surface area (Å²) in [5.41, 5.74) is 4.33. The van der Waals surface area contributed by atoms with Crippen LogP contribution in [0.2, 0.25) is 0 Å². The number of likely N-dealkylation sites (N-methyl/N-ethyl adjacent to an activating group) is 1. The predicted octanol–water partition coefficient (Wildman–Crippen LogP) is 4.15. The number of nitrogens with zero attached hydrogens (tertiary/aromatic N) is 4. The topological polar surface area (TPSA) is 104 Å². The van der Waals surface area contributed by atoms with E-state index in [1.807, 2.05) is 32.0 Å². The van der Waals surface area contributed by atoms with Crippen LogP contribution in [-0.2, 0) is 11.2 Å². The molecule has 1 atom stereocenters. The van der Waals surface area contributed by atoms with Gasteiger partial charge in [0.15, 0.2) is 0 Å². The van der Waals surface area contributed by atoms with Gasteiger partial charge in [-0.3, -0.25) is 4.79 Å². The minimum atomic E-state index is -0.0301. The highest BCUT2D eigenvalue weighted by atomic mass is 35.5. The number of halogens is 1. The number of fused-ring (bicyclic) bond motifs is 1. The lowest BCUT2D eigenvalue weighted by Crippen LogP contribution is -2.34. The smallest absolute Gasteiger partial charge is 0.258 e. The summed E-state index contributed by atoms with van der Waals surface area (Å²) in [5, 5.41) is 17.1. The summed E-state index contributed by atoms with van der Waals surface area (Å²) in [6, 6.07) is 13.6. The Morgan fingerprint density at radius 3 is 2.82 bits per heavy atom. The Labute approximate surface area is 205 Å².